The predicted molar refractivity (Wildman–Crippen MR) is 312 cm³/mol. The molecule has 0 aromatic heterocycles. The molecule has 0 saturated heterocycles. The molecular formula is C63H115N2O7P. The van der Waals surface area contributed by atoms with Gasteiger partial charge in [0, 0.05) is 12.8 Å². The molecule has 0 heterocycles. The minimum Gasteiger partial charge on any atom is -0.756 e. The van der Waals surface area contributed by atoms with Gasteiger partial charge in [0.15, 0.2) is 0 Å². The van der Waals surface area contributed by atoms with Crippen molar-refractivity contribution in [3.63, 3.8) is 0 Å². The molecule has 3 atom stereocenters. The summed E-state index contributed by atoms with van der Waals surface area (Å²) in [6.07, 6.45) is 67.3. The van der Waals surface area contributed by atoms with Gasteiger partial charge in [0.1, 0.15) is 19.3 Å². The molecule has 0 aliphatic heterocycles. The number of allylic oxidation sites excluding steroid dienone is 11. The summed E-state index contributed by atoms with van der Waals surface area (Å²) in [7, 11) is 1.16. The van der Waals surface area contributed by atoms with Crippen molar-refractivity contribution < 1.29 is 37.3 Å². The number of ether oxygens (including phenoxy) is 1. The van der Waals surface area contributed by atoms with Crippen LogP contribution in [0.1, 0.15) is 265 Å². The lowest BCUT2D eigenvalue weighted by Gasteiger charge is -2.30. The lowest BCUT2D eigenvalue weighted by molar-refractivity contribution is -0.870. The van der Waals surface area contributed by atoms with Crippen molar-refractivity contribution in [3.05, 3.63) is 72.9 Å². The first-order valence-electron chi connectivity index (χ1n) is 30.2. The third-order valence-electron chi connectivity index (χ3n) is 13.1. The molecule has 0 bridgehead atoms. The summed E-state index contributed by atoms with van der Waals surface area (Å²) >= 11 is 0. The van der Waals surface area contributed by atoms with Crippen molar-refractivity contribution in [3.8, 4) is 0 Å². The van der Waals surface area contributed by atoms with Crippen LogP contribution in [0.15, 0.2) is 72.9 Å². The van der Waals surface area contributed by atoms with E-state index in [1.54, 1.807) is 0 Å². The van der Waals surface area contributed by atoms with Crippen molar-refractivity contribution in [2.75, 3.05) is 40.9 Å². The van der Waals surface area contributed by atoms with E-state index in [0.717, 1.165) is 89.9 Å². The fourth-order valence-electron chi connectivity index (χ4n) is 8.38. The number of phosphoric ester groups is 1. The molecule has 0 aliphatic rings. The van der Waals surface area contributed by atoms with Crippen LogP contribution in [0, 0.1) is 0 Å². The van der Waals surface area contributed by atoms with E-state index in [1.165, 1.54) is 128 Å². The third kappa shape index (κ3) is 54.1. The molecule has 9 nitrogen and oxygen atoms in total. The Morgan fingerprint density at radius 3 is 1.30 bits per heavy atom. The number of nitrogens with zero attached hydrogens (tertiary/aromatic N) is 1. The number of unbranched alkanes of at least 4 members (excludes halogenated alkanes) is 28. The van der Waals surface area contributed by atoms with Gasteiger partial charge in [0.05, 0.1) is 33.8 Å². The van der Waals surface area contributed by atoms with Gasteiger partial charge in [-0.15, -0.1) is 0 Å². The first-order chi connectivity index (χ1) is 35.4. The fraction of sp³-hybridized carbons (Fsp3) is 0.778. The van der Waals surface area contributed by atoms with Crippen molar-refractivity contribution in [1.82, 2.24) is 5.32 Å². The maximum atomic E-state index is 13.5. The molecule has 0 saturated carbocycles. The maximum absolute atomic E-state index is 13.5. The number of hydrogen-bond acceptors (Lipinski definition) is 7. The molecule has 1 amide bonds. The summed E-state index contributed by atoms with van der Waals surface area (Å²) in [5.74, 6) is -0.573. The normalized spacial score (nSPS) is 14.2. The highest BCUT2D eigenvalue weighted by atomic mass is 31.2. The third-order valence-corrected chi connectivity index (χ3v) is 14.1. The fourth-order valence-corrected chi connectivity index (χ4v) is 9.10. The van der Waals surface area contributed by atoms with Gasteiger partial charge < -0.3 is 28.5 Å². The van der Waals surface area contributed by atoms with Gasteiger partial charge in [0.2, 0.25) is 5.91 Å². The minimum absolute atomic E-state index is 0.0291. The number of quaternary nitrogens is 1. The van der Waals surface area contributed by atoms with Crippen LogP contribution in [-0.4, -0.2) is 69.4 Å². The predicted octanol–water partition coefficient (Wildman–Crippen LogP) is 17.8. The summed E-state index contributed by atoms with van der Waals surface area (Å²) in [6.45, 7) is 6.78. The molecule has 0 rings (SSSR count). The van der Waals surface area contributed by atoms with E-state index in [0.29, 0.717) is 30.3 Å². The van der Waals surface area contributed by atoms with Gasteiger partial charge in [0.25, 0.3) is 7.82 Å². The molecule has 1 N–H and O–H groups in total. The second-order valence-corrected chi connectivity index (χ2v) is 22.9. The van der Waals surface area contributed by atoms with Gasteiger partial charge in [-0.1, -0.05) is 222 Å². The summed E-state index contributed by atoms with van der Waals surface area (Å²) in [5, 5.41) is 3.01. The van der Waals surface area contributed by atoms with Gasteiger partial charge in [-0.3, -0.25) is 14.2 Å². The summed E-state index contributed by atoms with van der Waals surface area (Å²) in [6, 6.07) is -0.902. The van der Waals surface area contributed by atoms with Crippen LogP contribution in [-0.2, 0) is 27.9 Å². The molecule has 0 fully saturated rings. The number of nitrogens with one attached hydrogen (secondary N) is 1. The summed E-state index contributed by atoms with van der Waals surface area (Å²) < 4.78 is 30.2. The van der Waals surface area contributed by atoms with E-state index in [4.69, 9.17) is 13.8 Å². The number of amides is 1. The standard InChI is InChI=1S/C63H115N2O7P/c1-7-10-13-16-19-22-25-27-28-29-30-31-32-33-34-35-36-38-41-44-47-50-53-56-63(67)72-61(54-51-48-45-42-39-24-21-18-15-12-9-3)60(59-71-73(68,69)70-58-57-65(4,5)6)64-62(66)55-52-49-46-43-40-37-26-23-20-17-14-11-8-2/h19,22,27-28,30-31,33-34,37,40,51,54,60-61H,7-18,20-21,23-26,29,32,35-36,38-39,41-50,52-53,55-59H2,1-6H3,(H-,64,66,68,69)/b22-19-,28-27-,31-30-,34-33-,40-37-,54-51-. The Morgan fingerprint density at radius 2 is 0.836 bits per heavy atom. The van der Waals surface area contributed by atoms with Gasteiger partial charge in [-0.25, -0.2) is 0 Å². The number of esters is 1. The summed E-state index contributed by atoms with van der Waals surface area (Å²) in [4.78, 5) is 39.9. The summed E-state index contributed by atoms with van der Waals surface area (Å²) in [5.41, 5.74) is 0. The van der Waals surface area contributed by atoms with Gasteiger partial charge in [-0.05, 0) is 102 Å². The van der Waals surface area contributed by atoms with E-state index < -0.39 is 26.6 Å². The van der Waals surface area contributed by atoms with Gasteiger partial charge in [-0.2, -0.15) is 0 Å². The zero-order chi connectivity index (χ0) is 53.6. The first-order valence-corrected chi connectivity index (χ1v) is 31.7. The van der Waals surface area contributed by atoms with Crippen LogP contribution in [0.3, 0.4) is 0 Å². The number of likely N-dealkylation sites (N-methyl/N-ethyl adjacent to an activating group) is 1. The van der Waals surface area contributed by atoms with Crippen molar-refractivity contribution in [2.24, 2.45) is 0 Å². The SMILES string of the molecule is CCCCC/C=C\C/C=C\C/C=C\C/C=C\CCCCCCCCCC(=O)OC(/C=C\CCCCCCCCCCC)C(COP(=O)([O-])OCC[N+](C)(C)C)NC(=O)CCCCC/C=C\CCCCCCCC. The zero-order valence-corrected chi connectivity index (χ0v) is 49.2. The monoisotopic (exact) mass is 1040 g/mol. The molecule has 0 spiro atoms. The molecule has 73 heavy (non-hydrogen) atoms. The molecule has 0 radical (unpaired) electrons. The minimum atomic E-state index is -4.70. The quantitative estimate of drug-likeness (QED) is 0.0212. The van der Waals surface area contributed by atoms with Crippen molar-refractivity contribution in [2.45, 2.75) is 277 Å². The van der Waals surface area contributed by atoms with Crippen LogP contribution in [0.2, 0.25) is 0 Å². The lowest BCUT2D eigenvalue weighted by atomic mass is 10.1. The molecule has 0 aliphatic carbocycles. The lowest BCUT2D eigenvalue weighted by Crippen LogP contribution is -2.47. The van der Waals surface area contributed by atoms with Crippen LogP contribution in [0.4, 0.5) is 0 Å². The Hall–Kier alpha value is -2.55. The van der Waals surface area contributed by atoms with Crippen LogP contribution in [0.5, 0.6) is 0 Å². The molecular weight excluding hydrogens is 928 g/mol. The van der Waals surface area contributed by atoms with Crippen LogP contribution < -0.4 is 10.2 Å². The largest absolute Gasteiger partial charge is 0.756 e. The molecule has 10 heteroatoms. The first kappa shape index (κ1) is 70.5. The average Bonchev–Trinajstić information content (AvgIpc) is 3.35. The smallest absolute Gasteiger partial charge is 0.306 e. The number of hydrogen-bond donors (Lipinski definition) is 1. The Kier molecular flexibility index (Phi) is 51.0. The second-order valence-electron chi connectivity index (χ2n) is 21.5. The zero-order valence-electron chi connectivity index (χ0n) is 48.3. The number of carbonyl (C=O) groups excluding carboxylic acids is 2. The molecule has 0 aromatic rings. The van der Waals surface area contributed by atoms with Crippen molar-refractivity contribution in [1.29, 1.82) is 0 Å². The Morgan fingerprint density at radius 1 is 0.479 bits per heavy atom. The molecule has 3 unspecified atom stereocenters. The highest BCUT2D eigenvalue weighted by molar-refractivity contribution is 7.45. The Balaban J connectivity index is 5.22. The Bertz CT molecular complexity index is 1480. The molecule has 0 aromatic carbocycles. The number of phosphoric acid groups is 1. The highest BCUT2D eigenvalue weighted by Crippen LogP contribution is 2.38. The van der Waals surface area contributed by atoms with E-state index >= 15 is 0 Å². The van der Waals surface area contributed by atoms with E-state index in [2.05, 4.69) is 86.8 Å². The number of carbonyl (C=O) groups is 2. The van der Waals surface area contributed by atoms with Gasteiger partial charge >= 0.3 is 5.97 Å². The van der Waals surface area contributed by atoms with Crippen LogP contribution in [0.25, 0.3) is 0 Å². The van der Waals surface area contributed by atoms with Crippen LogP contribution >= 0.6 is 7.82 Å². The second kappa shape index (κ2) is 52.9. The van der Waals surface area contributed by atoms with E-state index in [9.17, 15) is 19.0 Å². The van der Waals surface area contributed by atoms with Crippen molar-refractivity contribution >= 4 is 19.7 Å². The average molecular weight is 1040 g/mol. The number of rotatable bonds is 54. The highest BCUT2D eigenvalue weighted by Gasteiger charge is 2.27. The van der Waals surface area contributed by atoms with E-state index in [1.807, 2.05) is 33.3 Å². The topological polar surface area (TPSA) is 114 Å². The van der Waals surface area contributed by atoms with E-state index in [-0.39, 0.29) is 24.9 Å². The Labute approximate surface area is 451 Å². The molecule has 424 valence electrons. The maximum Gasteiger partial charge on any atom is 0.306 e.